The lowest BCUT2D eigenvalue weighted by Crippen LogP contribution is -2.62. The van der Waals surface area contributed by atoms with Gasteiger partial charge < -0.3 is 20.3 Å². The van der Waals surface area contributed by atoms with Crippen LogP contribution in [0.4, 0.5) is 0 Å². The third-order valence-electron chi connectivity index (χ3n) is 9.76. The van der Waals surface area contributed by atoms with E-state index in [1.165, 1.54) is 12.0 Å². The second-order valence-corrected chi connectivity index (χ2v) is 11.9. The van der Waals surface area contributed by atoms with Crippen LogP contribution in [0.1, 0.15) is 71.9 Å². The molecule has 3 N–H and O–H groups in total. The maximum atomic E-state index is 13.9. The minimum absolute atomic E-state index is 0.105. The lowest BCUT2D eigenvalue weighted by Gasteiger charge is -2.62. The molecule has 1 heterocycles. The molecule has 0 aromatic heterocycles. The van der Waals surface area contributed by atoms with Crippen LogP contribution in [0.2, 0.25) is 0 Å². The topological polar surface area (TPSA) is 91.3 Å². The highest BCUT2D eigenvalue weighted by atomic mass is 16.7. The van der Waals surface area contributed by atoms with Gasteiger partial charge in [-0.05, 0) is 61.9 Å². The number of fused-ring (bicyclic) bond motifs is 2. The summed E-state index contributed by atoms with van der Waals surface area (Å²) in [5, 5.41) is 25.8. The highest BCUT2D eigenvalue weighted by molar-refractivity contribution is 5.83. The Balaban J connectivity index is 1.61. The van der Waals surface area contributed by atoms with Crippen molar-refractivity contribution in [1.82, 2.24) is 10.4 Å². The molecule has 206 valence electrons. The van der Waals surface area contributed by atoms with Crippen LogP contribution in [-0.2, 0) is 16.2 Å². The molecule has 0 spiro atoms. The van der Waals surface area contributed by atoms with E-state index in [-0.39, 0.29) is 18.6 Å². The van der Waals surface area contributed by atoms with Crippen LogP contribution < -0.4 is 10.1 Å². The highest BCUT2D eigenvalue weighted by Gasteiger charge is 2.57. The van der Waals surface area contributed by atoms with Crippen molar-refractivity contribution in [3.05, 3.63) is 35.4 Å². The second kappa shape index (κ2) is 11.0. The van der Waals surface area contributed by atoms with Gasteiger partial charge in [-0.3, -0.25) is 9.63 Å². The van der Waals surface area contributed by atoms with E-state index in [1.54, 1.807) is 19.1 Å². The zero-order valence-electron chi connectivity index (χ0n) is 23.5. The first-order valence-electron chi connectivity index (χ1n) is 13.9. The van der Waals surface area contributed by atoms with Gasteiger partial charge in [-0.15, -0.1) is 0 Å². The van der Waals surface area contributed by atoms with E-state index in [1.807, 2.05) is 25.1 Å². The first-order valence-corrected chi connectivity index (χ1v) is 13.9. The van der Waals surface area contributed by atoms with Crippen LogP contribution >= 0.6 is 0 Å². The number of methoxy groups -OCH3 is 1. The van der Waals surface area contributed by atoms with Crippen molar-refractivity contribution < 1.29 is 24.6 Å². The zero-order chi connectivity index (χ0) is 27.1. The number of hydroxylamine groups is 2. The fourth-order valence-corrected chi connectivity index (χ4v) is 7.41. The molecule has 1 aromatic carbocycles. The molecule has 2 bridgehead atoms. The van der Waals surface area contributed by atoms with Crippen molar-refractivity contribution in [2.24, 2.45) is 29.1 Å². The number of allylic oxidation sites excluding steroid dienone is 2. The van der Waals surface area contributed by atoms with Gasteiger partial charge in [0.15, 0.2) is 0 Å². The Kier molecular flexibility index (Phi) is 8.39. The smallest absolute Gasteiger partial charge is 0.240 e. The number of carbonyl (C=O) groups is 1. The van der Waals surface area contributed by atoms with Gasteiger partial charge in [0, 0.05) is 23.1 Å². The Hall–Kier alpha value is -1.93. The summed E-state index contributed by atoms with van der Waals surface area (Å²) in [5.74, 6) is 1.69. The van der Waals surface area contributed by atoms with Crippen molar-refractivity contribution in [1.29, 1.82) is 0 Å². The zero-order valence-corrected chi connectivity index (χ0v) is 23.5. The number of para-hydroxylation sites is 1. The molecular formula is C30H46N2O5. The van der Waals surface area contributed by atoms with Crippen LogP contribution in [0.5, 0.6) is 5.75 Å². The first-order chi connectivity index (χ1) is 17.6. The van der Waals surface area contributed by atoms with Crippen LogP contribution in [0.15, 0.2) is 24.3 Å². The summed E-state index contributed by atoms with van der Waals surface area (Å²) in [4.78, 5) is 20.0. The summed E-state index contributed by atoms with van der Waals surface area (Å²) in [6.45, 7) is 12.8. The molecule has 4 aliphatic rings. The van der Waals surface area contributed by atoms with Gasteiger partial charge in [-0.1, -0.05) is 52.0 Å². The molecule has 5 rings (SSSR count). The Morgan fingerprint density at radius 2 is 2.08 bits per heavy atom. The maximum Gasteiger partial charge on any atom is 0.240 e. The summed E-state index contributed by atoms with van der Waals surface area (Å²) in [7, 11) is 1.66. The largest absolute Gasteiger partial charge is 0.496 e. The molecule has 8 atom stereocenters. The molecule has 3 aliphatic carbocycles. The summed E-state index contributed by atoms with van der Waals surface area (Å²) in [6.07, 6.45) is 3.69. The van der Waals surface area contributed by atoms with E-state index in [4.69, 9.17) is 9.57 Å². The number of hydrogen-bond acceptors (Lipinski definition) is 6. The summed E-state index contributed by atoms with van der Waals surface area (Å²) in [6, 6.07) is 5.39. The quantitative estimate of drug-likeness (QED) is 0.458. The number of amides is 1. The fraction of sp³-hybridized carbons (Fsp3) is 0.700. The number of benzene rings is 1. The van der Waals surface area contributed by atoms with E-state index in [9.17, 15) is 15.0 Å². The number of rotatable bonds is 9. The van der Waals surface area contributed by atoms with Crippen LogP contribution in [0, 0.1) is 29.1 Å². The normalized spacial score (nSPS) is 34.1. The Bertz CT molecular complexity index is 1010. The number of nitrogens with one attached hydrogen (secondary N) is 1. The van der Waals surface area contributed by atoms with Gasteiger partial charge in [0.2, 0.25) is 5.91 Å². The SMILES string of the molecule is C/C=C(\CC)c1cccc(CN2O[C@@H](CO)[C@@H]([C@H](C)O)[C@H]2C(=O)N[C@H]2C[C@H]3C[C@@H]([C@@H]2C)C3(C)C)c1OC. The van der Waals surface area contributed by atoms with Crippen molar-refractivity contribution in [2.75, 3.05) is 13.7 Å². The summed E-state index contributed by atoms with van der Waals surface area (Å²) < 4.78 is 5.84. The molecule has 3 saturated carbocycles. The van der Waals surface area contributed by atoms with Crippen molar-refractivity contribution in [2.45, 2.75) is 91.6 Å². The lowest BCUT2D eigenvalue weighted by molar-refractivity contribution is -0.183. The van der Waals surface area contributed by atoms with E-state index in [0.29, 0.717) is 29.7 Å². The predicted octanol–water partition coefficient (Wildman–Crippen LogP) is 4.17. The van der Waals surface area contributed by atoms with E-state index in [2.05, 4.69) is 39.1 Å². The number of aliphatic hydroxyl groups is 2. The van der Waals surface area contributed by atoms with Crippen LogP contribution in [-0.4, -0.2) is 59.2 Å². The summed E-state index contributed by atoms with van der Waals surface area (Å²) >= 11 is 0. The molecule has 1 saturated heterocycles. The predicted molar refractivity (Wildman–Crippen MR) is 144 cm³/mol. The van der Waals surface area contributed by atoms with Crippen LogP contribution in [0.3, 0.4) is 0 Å². The van der Waals surface area contributed by atoms with E-state index in [0.717, 1.165) is 29.7 Å². The molecule has 1 aliphatic heterocycles. The number of hydrogen-bond donors (Lipinski definition) is 3. The van der Waals surface area contributed by atoms with Gasteiger partial charge in [-0.25, -0.2) is 0 Å². The second-order valence-electron chi connectivity index (χ2n) is 11.9. The van der Waals surface area contributed by atoms with Gasteiger partial charge in [0.05, 0.1) is 26.4 Å². The van der Waals surface area contributed by atoms with Gasteiger partial charge in [0.25, 0.3) is 0 Å². The first kappa shape index (κ1) is 28.1. The fourth-order valence-electron chi connectivity index (χ4n) is 7.41. The average Bonchev–Trinajstić information content (AvgIpc) is 3.24. The molecular weight excluding hydrogens is 468 g/mol. The molecule has 7 nitrogen and oxygen atoms in total. The molecule has 7 heteroatoms. The molecule has 37 heavy (non-hydrogen) atoms. The number of aliphatic hydroxyl groups excluding tert-OH is 2. The molecule has 4 fully saturated rings. The summed E-state index contributed by atoms with van der Waals surface area (Å²) in [5.41, 5.74) is 3.42. The Labute approximate surface area is 222 Å². The molecule has 1 aromatic rings. The Morgan fingerprint density at radius 1 is 1.35 bits per heavy atom. The van der Waals surface area contributed by atoms with E-state index >= 15 is 0 Å². The van der Waals surface area contributed by atoms with Crippen molar-refractivity contribution in [3.63, 3.8) is 0 Å². The highest BCUT2D eigenvalue weighted by Crippen LogP contribution is 2.61. The minimum atomic E-state index is -0.822. The van der Waals surface area contributed by atoms with Crippen molar-refractivity contribution in [3.8, 4) is 5.75 Å². The third kappa shape index (κ3) is 4.96. The van der Waals surface area contributed by atoms with Gasteiger partial charge in [0.1, 0.15) is 17.9 Å². The molecule has 0 unspecified atom stereocenters. The lowest BCUT2D eigenvalue weighted by atomic mass is 9.45. The molecule has 1 amide bonds. The van der Waals surface area contributed by atoms with Gasteiger partial charge in [-0.2, -0.15) is 5.06 Å². The van der Waals surface area contributed by atoms with E-state index < -0.39 is 24.2 Å². The number of nitrogens with zero attached hydrogens (tertiary/aromatic N) is 1. The number of carbonyl (C=O) groups excluding carboxylic acids is 1. The minimum Gasteiger partial charge on any atom is -0.496 e. The standard InChI is InChI=1S/C30H46N2O5/c1-8-19(9-2)22-12-10-11-20(28(22)36-7)15-32-27(26(18(4)34)25(16-33)37-32)29(35)31-24-14-21-13-23(17(24)3)30(21,5)6/h8,10-12,17-18,21,23-27,33-34H,9,13-16H2,1-7H3,(H,31,35)/b19-8+/t17-,18-,21+,23-,24-,25-,26+,27-/m0/s1. The van der Waals surface area contributed by atoms with Crippen molar-refractivity contribution >= 4 is 11.5 Å². The van der Waals surface area contributed by atoms with Gasteiger partial charge >= 0.3 is 0 Å². The molecule has 0 radical (unpaired) electrons. The third-order valence-corrected chi connectivity index (χ3v) is 9.76. The Morgan fingerprint density at radius 3 is 2.62 bits per heavy atom. The van der Waals surface area contributed by atoms with Crippen LogP contribution in [0.25, 0.3) is 5.57 Å². The number of ether oxygens (including phenoxy) is 1. The monoisotopic (exact) mass is 514 g/mol. The maximum absolute atomic E-state index is 13.9. The average molecular weight is 515 g/mol.